The molecule has 0 aromatic carbocycles. The summed E-state index contributed by atoms with van der Waals surface area (Å²) in [6.07, 6.45) is 10.5. The van der Waals surface area contributed by atoms with Crippen molar-refractivity contribution in [1.82, 2.24) is 4.57 Å². The number of aromatic nitrogens is 1. The molecule has 2 aliphatic carbocycles. The highest BCUT2D eigenvalue weighted by atomic mass is 16.1. The van der Waals surface area contributed by atoms with Gasteiger partial charge in [-0.3, -0.25) is 4.79 Å². The maximum atomic E-state index is 12.3. The molecule has 1 aromatic rings. The minimum atomic E-state index is 0.124. The molecule has 0 aliphatic heterocycles. The number of nitrogens with zero attached hydrogens (tertiary/aromatic N) is 1. The molecule has 20 heavy (non-hydrogen) atoms. The molecule has 1 fully saturated rings. The van der Waals surface area contributed by atoms with Gasteiger partial charge in [0, 0.05) is 29.9 Å². The van der Waals surface area contributed by atoms with E-state index in [0.717, 1.165) is 17.9 Å². The van der Waals surface area contributed by atoms with E-state index in [1.165, 1.54) is 37.8 Å². The van der Waals surface area contributed by atoms with Crippen molar-refractivity contribution in [2.45, 2.75) is 71.8 Å². The fraction of sp³-hybridized carbons (Fsp3) is 0.722. The summed E-state index contributed by atoms with van der Waals surface area (Å²) >= 11 is 0. The molecule has 2 atom stereocenters. The summed E-state index contributed by atoms with van der Waals surface area (Å²) in [7, 11) is 0. The van der Waals surface area contributed by atoms with Crippen LogP contribution in [-0.2, 0) is 6.42 Å². The largest absolute Gasteiger partial charge is 0.348 e. The lowest BCUT2D eigenvalue weighted by molar-refractivity contribution is 0.0908. The van der Waals surface area contributed by atoms with Crippen LogP contribution in [0.5, 0.6) is 0 Å². The summed E-state index contributed by atoms with van der Waals surface area (Å²) in [4.78, 5) is 12.3. The number of Topliss-reactive ketones (excluding diaryl/α,β-unsaturated/α-hetero) is 1. The summed E-state index contributed by atoms with van der Waals surface area (Å²) in [6.45, 7) is 6.76. The van der Waals surface area contributed by atoms with E-state index in [1.807, 2.05) is 0 Å². The van der Waals surface area contributed by atoms with E-state index in [0.29, 0.717) is 18.2 Å². The van der Waals surface area contributed by atoms with E-state index in [4.69, 9.17) is 0 Å². The van der Waals surface area contributed by atoms with Gasteiger partial charge in [0.05, 0.1) is 0 Å². The molecule has 0 spiro atoms. The molecule has 0 radical (unpaired) electrons. The minimum absolute atomic E-state index is 0.124. The average Bonchev–Trinajstić information content (AvgIpc) is 2.81. The van der Waals surface area contributed by atoms with Crippen LogP contribution in [0.3, 0.4) is 0 Å². The lowest BCUT2D eigenvalue weighted by atomic mass is 9.76. The fourth-order valence-electron chi connectivity index (χ4n) is 4.19. The zero-order valence-electron chi connectivity index (χ0n) is 13.1. The zero-order chi connectivity index (χ0) is 14.3. The molecule has 0 bridgehead atoms. The third-order valence-electron chi connectivity index (χ3n) is 5.34. The van der Waals surface area contributed by atoms with Gasteiger partial charge in [-0.15, -0.1) is 0 Å². The molecule has 1 heterocycles. The van der Waals surface area contributed by atoms with Crippen LogP contribution < -0.4 is 0 Å². The fourth-order valence-corrected chi connectivity index (χ4v) is 4.19. The summed E-state index contributed by atoms with van der Waals surface area (Å²) in [5.74, 6) is 1.22. The lowest BCUT2D eigenvalue weighted by Crippen LogP contribution is -2.29. The Kier molecular flexibility index (Phi) is 3.51. The quantitative estimate of drug-likeness (QED) is 0.759. The van der Waals surface area contributed by atoms with E-state index in [-0.39, 0.29) is 5.41 Å². The maximum Gasteiger partial charge on any atom is 0.165 e. The van der Waals surface area contributed by atoms with Gasteiger partial charge < -0.3 is 4.57 Å². The van der Waals surface area contributed by atoms with Gasteiger partial charge in [0.1, 0.15) is 0 Å². The van der Waals surface area contributed by atoms with Crippen molar-refractivity contribution in [2.75, 3.05) is 0 Å². The number of rotatable bonds is 2. The molecule has 1 aromatic heterocycles. The normalized spacial score (nSPS) is 29.2. The number of carbonyl (C=O) groups is 1. The third-order valence-corrected chi connectivity index (χ3v) is 5.34. The topological polar surface area (TPSA) is 22.0 Å². The van der Waals surface area contributed by atoms with Gasteiger partial charge in [0.25, 0.3) is 0 Å². The molecular formula is C18H27NO. The SMILES string of the molecule is CCC1CCCC(n2ccc3c2CC(C)(C)CC3=O)C1. The standard InChI is InChI=1S/C18H27NO/c1-4-13-6-5-7-14(10-13)19-9-8-15-16(19)11-18(2,3)12-17(15)20/h8-9,13-14H,4-7,10-12H2,1-3H3. The molecule has 110 valence electrons. The van der Waals surface area contributed by atoms with Crippen LogP contribution in [0.15, 0.2) is 12.3 Å². The minimum Gasteiger partial charge on any atom is -0.348 e. The molecular weight excluding hydrogens is 246 g/mol. The first-order valence-electron chi connectivity index (χ1n) is 8.23. The number of fused-ring (bicyclic) bond motifs is 1. The monoisotopic (exact) mass is 273 g/mol. The molecule has 2 heteroatoms. The Morgan fingerprint density at radius 3 is 2.85 bits per heavy atom. The van der Waals surface area contributed by atoms with Crippen LogP contribution >= 0.6 is 0 Å². The van der Waals surface area contributed by atoms with Crippen molar-refractivity contribution in [3.05, 3.63) is 23.5 Å². The Labute approximate surface area is 122 Å². The average molecular weight is 273 g/mol. The van der Waals surface area contributed by atoms with Crippen molar-refractivity contribution in [1.29, 1.82) is 0 Å². The smallest absolute Gasteiger partial charge is 0.165 e. The zero-order valence-corrected chi connectivity index (χ0v) is 13.1. The Morgan fingerprint density at radius 2 is 2.10 bits per heavy atom. The van der Waals surface area contributed by atoms with Crippen molar-refractivity contribution in [3.8, 4) is 0 Å². The Hall–Kier alpha value is -1.05. The van der Waals surface area contributed by atoms with E-state index < -0.39 is 0 Å². The van der Waals surface area contributed by atoms with Gasteiger partial charge in [-0.2, -0.15) is 0 Å². The lowest BCUT2D eigenvalue weighted by Gasteiger charge is -2.34. The van der Waals surface area contributed by atoms with Crippen molar-refractivity contribution in [3.63, 3.8) is 0 Å². The molecule has 0 N–H and O–H groups in total. The van der Waals surface area contributed by atoms with Crippen LogP contribution in [0.25, 0.3) is 0 Å². The Morgan fingerprint density at radius 1 is 1.30 bits per heavy atom. The highest BCUT2D eigenvalue weighted by Gasteiger charge is 2.34. The summed E-state index contributed by atoms with van der Waals surface area (Å²) in [5.41, 5.74) is 2.44. The molecule has 1 saturated carbocycles. The molecule has 2 unspecified atom stereocenters. The number of hydrogen-bond acceptors (Lipinski definition) is 1. The summed E-state index contributed by atoms with van der Waals surface area (Å²) in [6, 6.07) is 2.70. The van der Waals surface area contributed by atoms with Crippen molar-refractivity contribution >= 4 is 5.78 Å². The Balaban J connectivity index is 1.90. The van der Waals surface area contributed by atoms with Crippen molar-refractivity contribution < 1.29 is 4.79 Å². The highest BCUT2D eigenvalue weighted by Crippen LogP contribution is 2.40. The number of carbonyl (C=O) groups excluding carboxylic acids is 1. The number of hydrogen-bond donors (Lipinski definition) is 0. The van der Waals surface area contributed by atoms with Crippen LogP contribution in [0.2, 0.25) is 0 Å². The van der Waals surface area contributed by atoms with Gasteiger partial charge in [-0.1, -0.05) is 40.0 Å². The van der Waals surface area contributed by atoms with E-state index in [9.17, 15) is 4.79 Å². The second-order valence-corrected chi connectivity index (χ2v) is 7.62. The van der Waals surface area contributed by atoms with E-state index in [1.54, 1.807) is 0 Å². The summed E-state index contributed by atoms with van der Waals surface area (Å²) < 4.78 is 2.45. The van der Waals surface area contributed by atoms with E-state index >= 15 is 0 Å². The Bertz CT molecular complexity index is 511. The predicted octanol–water partition coefficient (Wildman–Crippen LogP) is 4.78. The second-order valence-electron chi connectivity index (χ2n) is 7.62. The first-order valence-corrected chi connectivity index (χ1v) is 8.23. The first-order chi connectivity index (χ1) is 9.50. The second kappa shape index (κ2) is 5.05. The molecule has 2 nitrogen and oxygen atoms in total. The van der Waals surface area contributed by atoms with Gasteiger partial charge in [0.2, 0.25) is 0 Å². The maximum absolute atomic E-state index is 12.3. The predicted molar refractivity (Wildman–Crippen MR) is 82.2 cm³/mol. The molecule has 0 amide bonds. The van der Waals surface area contributed by atoms with Crippen LogP contribution in [0.1, 0.15) is 81.4 Å². The van der Waals surface area contributed by atoms with Gasteiger partial charge in [0.15, 0.2) is 5.78 Å². The first kappa shape index (κ1) is 13.9. The van der Waals surface area contributed by atoms with Gasteiger partial charge in [-0.05, 0) is 36.7 Å². The van der Waals surface area contributed by atoms with Crippen LogP contribution in [-0.4, -0.2) is 10.4 Å². The number of ketones is 1. The van der Waals surface area contributed by atoms with Crippen molar-refractivity contribution in [2.24, 2.45) is 11.3 Å². The molecule has 2 aliphatic rings. The van der Waals surface area contributed by atoms with Gasteiger partial charge >= 0.3 is 0 Å². The molecule has 0 saturated heterocycles. The molecule has 3 rings (SSSR count). The van der Waals surface area contributed by atoms with Crippen LogP contribution in [0.4, 0.5) is 0 Å². The van der Waals surface area contributed by atoms with Crippen LogP contribution in [0, 0.1) is 11.3 Å². The third kappa shape index (κ3) is 2.45. The van der Waals surface area contributed by atoms with E-state index in [2.05, 4.69) is 37.6 Å². The van der Waals surface area contributed by atoms with Gasteiger partial charge in [-0.25, -0.2) is 0 Å². The highest BCUT2D eigenvalue weighted by molar-refractivity contribution is 5.98. The summed E-state index contributed by atoms with van der Waals surface area (Å²) in [5, 5.41) is 0.